The van der Waals surface area contributed by atoms with Gasteiger partial charge in [-0.3, -0.25) is 10.1 Å². The lowest BCUT2D eigenvalue weighted by Gasteiger charge is -2.21. The van der Waals surface area contributed by atoms with Crippen LogP contribution in [0.15, 0.2) is 18.2 Å². The van der Waals surface area contributed by atoms with Gasteiger partial charge in [-0.05, 0) is 26.8 Å². The van der Waals surface area contributed by atoms with Gasteiger partial charge < -0.3 is 10.1 Å². The van der Waals surface area contributed by atoms with E-state index >= 15 is 0 Å². The summed E-state index contributed by atoms with van der Waals surface area (Å²) in [6.07, 6.45) is -2.59. The first-order valence-electron chi connectivity index (χ1n) is 6.12. The van der Waals surface area contributed by atoms with Crippen LogP contribution in [-0.2, 0) is 6.54 Å². The highest BCUT2D eigenvalue weighted by Gasteiger charge is 2.16. The minimum atomic E-state index is -2.59. The quantitative estimate of drug-likeness (QED) is 0.645. The summed E-state index contributed by atoms with van der Waals surface area (Å²) in [4.78, 5) is 10.2. The molecule has 0 fully saturated rings. The standard InChI is InChI=1S/C13H18F2N2O3/c1-13(2,3)16-7-9-6-10(17(18)19)4-5-11(9)20-8-12(14)15/h4-6,12,16H,7-8H2,1-3H3. The summed E-state index contributed by atoms with van der Waals surface area (Å²) in [5.41, 5.74) is 0.180. The van der Waals surface area contributed by atoms with Crippen LogP contribution in [0, 0.1) is 10.1 Å². The van der Waals surface area contributed by atoms with E-state index in [9.17, 15) is 18.9 Å². The number of hydrogen-bond donors (Lipinski definition) is 1. The molecule has 1 rings (SSSR count). The summed E-state index contributed by atoms with van der Waals surface area (Å²) < 4.78 is 29.4. The molecule has 0 aromatic heterocycles. The van der Waals surface area contributed by atoms with Gasteiger partial charge in [-0.1, -0.05) is 0 Å². The molecule has 112 valence electrons. The molecule has 0 heterocycles. The average molecular weight is 288 g/mol. The molecule has 0 saturated heterocycles. The van der Waals surface area contributed by atoms with E-state index in [2.05, 4.69) is 5.32 Å². The summed E-state index contributed by atoms with van der Waals surface area (Å²) in [5, 5.41) is 13.9. The predicted octanol–water partition coefficient (Wildman–Crippen LogP) is 3.13. The average Bonchev–Trinajstić information content (AvgIpc) is 2.33. The van der Waals surface area contributed by atoms with E-state index in [4.69, 9.17) is 4.74 Å². The molecule has 0 aliphatic heterocycles. The van der Waals surface area contributed by atoms with E-state index in [0.29, 0.717) is 12.1 Å². The fraction of sp³-hybridized carbons (Fsp3) is 0.538. The van der Waals surface area contributed by atoms with E-state index in [1.807, 2.05) is 20.8 Å². The van der Waals surface area contributed by atoms with Crippen LogP contribution < -0.4 is 10.1 Å². The van der Waals surface area contributed by atoms with Crippen molar-refractivity contribution in [2.24, 2.45) is 0 Å². The number of hydrogen-bond acceptors (Lipinski definition) is 4. The first-order chi connectivity index (χ1) is 9.19. The lowest BCUT2D eigenvalue weighted by molar-refractivity contribution is -0.384. The van der Waals surface area contributed by atoms with Crippen LogP contribution in [0.1, 0.15) is 26.3 Å². The van der Waals surface area contributed by atoms with E-state index in [-0.39, 0.29) is 17.0 Å². The zero-order chi connectivity index (χ0) is 15.3. The molecule has 0 spiro atoms. The van der Waals surface area contributed by atoms with E-state index in [1.165, 1.54) is 18.2 Å². The van der Waals surface area contributed by atoms with Crippen molar-refractivity contribution in [1.82, 2.24) is 5.32 Å². The maximum Gasteiger partial charge on any atom is 0.272 e. The second kappa shape index (κ2) is 6.60. The fourth-order valence-corrected chi connectivity index (χ4v) is 1.47. The molecule has 1 aromatic carbocycles. The number of benzene rings is 1. The van der Waals surface area contributed by atoms with Gasteiger partial charge >= 0.3 is 0 Å². The SMILES string of the molecule is CC(C)(C)NCc1cc([N+](=O)[O-])ccc1OCC(F)F. The number of ether oxygens (including phenoxy) is 1. The van der Waals surface area contributed by atoms with Gasteiger partial charge in [0.2, 0.25) is 0 Å². The van der Waals surface area contributed by atoms with Crippen molar-refractivity contribution < 1.29 is 18.4 Å². The topological polar surface area (TPSA) is 64.4 Å². The van der Waals surface area contributed by atoms with Gasteiger partial charge in [0.15, 0.2) is 0 Å². The van der Waals surface area contributed by atoms with E-state index < -0.39 is 18.0 Å². The smallest absolute Gasteiger partial charge is 0.272 e. The number of nitro groups is 1. The third kappa shape index (κ3) is 5.48. The molecule has 1 N–H and O–H groups in total. The normalized spacial score (nSPS) is 11.7. The summed E-state index contributed by atoms with van der Waals surface area (Å²) >= 11 is 0. The highest BCUT2D eigenvalue weighted by molar-refractivity contribution is 5.43. The van der Waals surface area contributed by atoms with Gasteiger partial charge in [-0.25, -0.2) is 8.78 Å². The van der Waals surface area contributed by atoms with Gasteiger partial charge in [0.25, 0.3) is 12.1 Å². The van der Waals surface area contributed by atoms with Gasteiger partial charge in [0.05, 0.1) is 4.92 Å². The van der Waals surface area contributed by atoms with Crippen LogP contribution in [-0.4, -0.2) is 23.5 Å². The third-order valence-corrected chi connectivity index (χ3v) is 2.43. The lowest BCUT2D eigenvalue weighted by atomic mass is 10.1. The predicted molar refractivity (Wildman–Crippen MR) is 71.2 cm³/mol. The van der Waals surface area contributed by atoms with Crippen LogP contribution in [0.2, 0.25) is 0 Å². The van der Waals surface area contributed by atoms with Crippen molar-refractivity contribution in [3.63, 3.8) is 0 Å². The molecule has 20 heavy (non-hydrogen) atoms. The molecular formula is C13H18F2N2O3. The molecule has 5 nitrogen and oxygen atoms in total. The molecule has 0 aliphatic carbocycles. The Bertz CT molecular complexity index is 473. The Morgan fingerprint density at radius 2 is 2.05 bits per heavy atom. The first-order valence-corrected chi connectivity index (χ1v) is 6.12. The molecule has 0 amide bonds. The number of rotatable bonds is 6. The summed E-state index contributed by atoms with van der Waals surface area (Å²) in [6.45, 7) is 5.36. The molecule has 0 unspecified atom stereocenters. The molecule has 0 radical (unpaired) electrons. The van der Waals surface area contributed by atoms with E-state index in [0.717, 1.165) is 0 Å². The first kappa shape index (κ1) is 16.3. The molecule has 1 aromatic rings. The highest BCUT2D eigenvalue weighted by Crippen LogP contribution is 2.25. The Hall–Kier alpha value is -1.76. The van der Waals surface area contributed by atoms with Gasteiger partial charge in [0, 0.05) is 29.8 Å². The molecule has 0 bridgehead atoms. The van der Waals surface area contributed by atoms with Crippen molar-refractivity contribution in [1.29, 1.82) is 0 Å². The second-order valence-corrected chi connectivity index (χ2v) is 5.35. The number of nitrogens with one attached hydrogen (secondary N) is 1. The molecule has 7 heteroatoms. The van der Waals surface area contributed by atoms with Gasteiger partial charge in [-0.15, -0.1) is 0 Å². The van der Waals surface area contributed by atoms with Gasteiger partial charge in [0.1, 0.15) is 12.4 Å². The van der Waals surface area contributed by atoms with Crippen molar-refractivity contribution in [3.8, 4) is 5.75 Å². The van der Waals surface area contributed by atoms with Crippen LogP contribution >= 0.6 is 0 Å². The third-order valence-electron chi connectivity index (χ3n) is 2.43. The van der Waals surface area contributed by atoms with Crippen LogP contribution in [0.25, 0.3) is 0 Å². The maximum atomic E-state index is 12.2. The van der Waals surface area contributed by atoms with Crippen LogP contribution in [0.3, 0.4) is 0 Å². The Morgan fingerprint density at radius 1 is 1.40 bits per heavy atom. The molecular weight excluding hydrogens is 270 g/mol. The number of alkyl halides is 2. The Morgan fingerprint density at radius 3 is 2.55 bits per heavy atom. The zero-order valence-corrected chi connectivity index (χ0v) is 11.7. The van der Waals surface area contributed by atoms with E-state index in [1.54, 1.807) is 0 Å². The van der Waals surface area contributed by atoms with Crippen molar-refractivity contribution in [3.05, 3.63) is 33.9 Å². The van der Waals surface area contributed by atoms with Crippen molar-refractivity contribution >= 4 is 5.69 Å². The Balaban J connectivity index is 2.94. The van der Waals surface area contributed by atoms with Crippen molar-refractivity contribution in [2.75, 3.05) is 6.61 Å². The second-order valence-electron chi connectivity index (χ2n) is 5.35. The minimum Gasteiger partial charge on any atom is -0.487 e. The van der Waals surface area contributed by atoms with Gasteiger partial charge in [-0.2, -0.15) is 0 Å². The molecule has 0 aliphatic rings. The number of halogens is 2. The fourth-order valence-electron chi connectivity index (χ4n) is 1.47. The van der Waals surface area contributed by atoms with Crippen LogP contribution in [0.5, 0.6) is 5.75 Å². The maximum absolute atomic E-state index is 12.2. The van der Waals surface area contributed by atoms with Crippen LogP contribution in [0.4, 0.5) is 14.5 Å². The highest BCUT2D eigenvalue weighted by atomic mass is 19.3. The van der Waals surface area contributed by atoms with Crippen molar-refractivity contribution in [2.45, 2.75) is 39.3 Å². The molecule has 0 saturated carbocycles. The largest absolute Gasteiger partial charge is 0.487 e. The number of nitro benzene ring substituents is 1. The molecule has 0 atom stereocenters. The number of non-ortho nitro benzene ring substituents is 1. The summed E-state index contributed by atoms with van der Waals surface area (Å²) in [5.74, 6) is 0.229. The summed E-state index contributed by atoms with van der Waals surface area (Å²) in [6, 6.07) is 3.92. The Kier molecular flexibility index (Phi) is 5.38. The monoisotopic (exact) mass is 288 g/mol. The number of nitrogens with zero attached hydrogens (tertiary/aromatic N) is 1. The lowest BCUT2D eigenvalue weighted by Crippen LogP contribution is -2.35. The Labute approximate surface area is 116 Å². The minimum absolute atomic E-state index is 0.0971. The zero-order valence-electron chi connectivity index (χ0n) is 11.7. The summed E-state index contributed by atoms with van der Waals surface area (Å²) in [7, 11) is 0.